The van der Waals surface area contributed by atoms with E-state index in [0.717, 1.165) is 5.56 Å². The molecule has 0 aliphatic heterocycles. The Bertz CT molecular complexity index is 651. The molecule has 0 aromatic heterocycles. The number of urea groups is 1. The third-order valence-corrected chi connectivity index (χ3v) is 3.02. The highest BCUT2D eigenvalue weighted by Crippen LogP contribution is 2.25. The largest absolute Gasteiger partial charge is 0.507 e. The van der Waals surface area contributed by atoms with E-state index in [9.17, 15) is 19.8 Å². The molecule has 0 heterocycles. The van der Waals surface area contributed by atoms with E-state index in [1.807, 2.05) is 30.3 Å². The van der Waals surface area contributed by atoms with Gasteiger partial charge in [-0.05, 0) is 24.1 Å². The molecule has 0 spiro atoms. The molecular formula is C16H16N2O4. The van der Waals surface area contributed by atoms with Crippen molar-refractivity contribution in [2.24, 2.45) is 0 Å². The molecule has 22 heavy (non-hydrogen) atoms. The van der Waals surface area contributed by atoms with Crippen LogP contribution in [0.2, 0.25) is 0 Å². The molecule has 2 aromatic carbocycles. The quantitative estimate of drug-likeness (QED) is 0.691. The number of imide groups is 1. The summed E-state index contributed by atoms with van der Waals surface area (Å²) in [6, 6.07) is 12.8. The van der Waals surface area contributed by atoms with Crippen molar-refractivity contribution < 1.29 is 19.8 Å². The van der Waals surface area contributed by atoms with Crippen LogP contribution in [0.1, 0.15) is 15.9 Å². The van der Waals surface area contributed by atoms with E-state index in [0.29, 0.717) is 13.0 Å². The third kappa shape index (κ3) is 3.99. The van der Waals surface area contributed by atoms with Crippen LogP contribution in [-0.2, 0) is 6.42 Å². The molecule has 0 saturated heterocycles. The minimum Gasteiger partial charge on any atom is -0.507 e. The first-order chi connectivity index (χ1) is 10.6. The number of amides is 3. The lowest BCUT2D eigenvalue weighted by atomic mass is 10.1. The maximum atomic E-state index is 11.8. The molecule has 0 bridgehead atoms. The predicted octanol–water partition coefficient (Wildman–Crippen LogP) is 1.78. The Morgan fingerprint density at radius 1 is 0.909 bits per heavy atom. The highest BCUT2D eigenvalue weighted by molar-refractivity contribution is 6.07. The van der Waals surface area contributed by atoms with Gasteiger partial charge in [-0.25, -0.2) is 4.79 Å². The van der Waals surface area contributed by atoms with Gasteiger partial charge in [-0.1, -0.05) is 36.4 Å². The molecule has 3 amide bonds. The van der Waals surface area contributed by atoms with Crippen LogP contribution in [0.15, 0.2) is 48.5 Å². The summed E-state index contributed by atoms with van der Waals surface area (Å²) in [5.74, 6) is -1.66. The van der Waals surface area contributed by atoms with Crippen LogP contribution in [0.4, 0.5) is 4.79 Å². The van der Waals surface area contributed by atoms with Crippen LogP contribution < -0.4 is 10.6 Å². The van der Waals surface area contributed by atoms with Gasteiger partial charge in [-0.15, -0.1) is 0 Å². The van der Waals surface area contributed by atoms with Crippen LogP contribution in [0.3, 0.4) is 0 Å². The lowest BCUT2D eigenvalue weighted by molar-refractivity contribution is 0.0959. The van der Waals surface area contributed by atoms with Crippen molar-refractivity contribution in [1.82, 2.24) is 10.6 Å². The number of hydrogen-bond acceptors (Lipinski definition) is 4. The summed E-state index contributed by atoms with van der Waals surface area (Å²) in [5, 5.41) is 23.7. The molecule has 0 unspecified atom stereocenters. The molecule has 6 nitrogen and oxygen atoms in total. The lowest BCUT2D eigenvalue weighted by Crippen LogP contribution is -2.40. The fourth-order valence-electron chi connectivity index (χ4n) is 1.94. The first kappa shape index (κ1) is 15.4. The predicted molar refractivity (Wildman–Crippen MR) is 80.8 cm³/mol. The third-order valence-electron chi connectivity index (χ3n) is 3.02. The maximum Gasteiger partial charge on any atom is 0.321 e. The van der Waals surface area contributed by atoms with Crippen molar-refractivity contribution >= 4 is 11.9 Å². The molecule has 4 N–H and O–H groups in total. The van der Waals surface area contributed by atoms with Crippen LogP contribution in [0, 0.1) is 0 Å². The van der Waals surface area contributed by atoms with Gasteiger partial charge in [-0.2, -0.15) is 0 Å². The minimum atomic E-state index is -0.868. The zero-order valence-electron chi connectivity index (χ0n) is 11.7. The Balaban J connectivity index is 1.85. The Morgan fingerprint density at radius 2 is 1.55 bits per heavy atom. The van der Waals surface area contributed by atoms with E-state index in [2.05, 4.69) is 10.6 Å². The average molecular weight is 300 g/mol. The van der Waals surface area contributed by atoms with Crippen LogP contribution in [0.25, 0.3) is 0 Å². The van der Waals surface area contributed by atoms with Crippen LogP contribution in [-0.4, -0.2) is 28.7 Å². The summed E-state index contributed by atoms with van der Waals surface area (Å²) in [5.41, 5.74) is 0.730. The molecular weight excluding hydrogens is 284 g/mol. The van der Waals surface area contributed by atoms with Crippen LogP contribution >= 0.6 is 0 Å². The number of nitrogens with one attached hydrogen (secondary N) is 2. The molecule has 0 aliphatic carbocycles. The zero-order chi connectivity index (χ0) is 15.9. The lowest BCUT2D eigenvalue weighted by Gasteiger charge is -2.09. The molecule has 0 fully saturated rings. The normalized spacial score (nSPS) is 10.0. The number of carbonyl (C=O) groups excluding carboxylic acids is 2. The fraction of sp³-hybridized carbons (Fsp3) is 0.125. The van der Waals surface area contributed by atoms with E-state index < -0.39 is 23.4 Å². The summed E-state index contributed by atoms with van der Waals surface area (Å²) >= 11 is 0. The van der Waals surface area contributed by atoms with Crippen molar-refractivity contribution in [3.05, 3.63) is 59.7 Å². The average Bonchev–Trinajstić information content (AvgIpc) is 2.48. The first-order valence-corrected chi connectivity index (χ1v) is 6.72. The number of aromatic hydroxyl groups is 2. The van der Waals surface area contributed by atoms with Gasteiger partial charge in [0.05, 0.1) is 0 Å². The summed E-state index contributed by atoms with van der Waals surface area (Å²) in [4.78, 5) is 23.5. The highest BCUT2D eigenvalue weighted by atomic mass is 16.3. The zero-order valence-corrected chi connectivity index (χ0v) is 11.7. The Hall–Kier alpha value is -3.02. The Labute approximate surface area is 127 Å². The van der Waals surface area contributed by atoms with Crippen molar-refractivity contribution in [3.8, 4) is 11.5 Å². The van der Waals surface area contributed by atoms with Gasteiger partial charge < -0.3 is 15.5 Å². The van der Waals surface area contributed by atoms with Crippen LogP contribution in [0.5, 0.6) is 11.5 Å². The highest BCUT2D eigenvalue weighted by Gasteiger charge is 2.17. The second kappa shape index (κ2) is 7.12. The van der Waals surface area contributed by atoms with Gasteiger partial charge in [0, 0.05) is 6.54 Å². The van der Waals surface area contributed by atoms with Crippen molar-refractivity contribution in [2.45, 2.75) is 6.42 Å². The van der Waals surface area contributed by atoms with E-state index in [4.69, 9.17) is 0 Å². The second-order valence-corrected chi connectivity index (χ2v) is 4.62. The minimum absolute atomic E-state index is 0.333. The van der Waals surface area contributed by atoms with Gasteiger partial charge in [0.1, 0.15) is 17.1 Å². The maximum absolute atomic E-state index is 11.8. The summed E-state index contributed by atoms with van der Waals surface area (Å²) in [6.07, 6.45) is 0.629. The number of rotatable bonds is 4. The molecule has 0 atom stereocenters. The molecule has 0 radical (unpaired) electrons. The van der Waals surface area contributed by atoms with Gasteiger partial charge in [0.15, 0.2) is 0 Å². The molecule has 0 aliphatic rings. The molecule has 2 aromatic rings. The van der Waals surface area contributed by atoms with E-state index in [1.165, 1.54) is 18.2 Å². The smallest absolute Gasteiger partial charge is 0.321 e. The van der Waals surface area contributed by atoms with Gasteiger partial charge in [-0.3, -0.25) is 10.1 Å². The summed E-state index contributed by atoms with van der Waals surface area (Å²) < 4.78 is 0. The first-order valence-electron chi connectivity index (χ1n) is 6.72. The standard InChI is InChI=1S/C16H16N2O4/c19-12-7-4-8-13(20)14(12)15(21)18-16(22)17-10-9-11-5-2-1-3-6-11/h1-8,19-20H,9-10H2,(H2,17,18,21,22). The van der Waals surface area contributed by atoms with Gasteiger partial charge >= 0.3 is 6.03 Å². The molecule has 0 saturated carbocycles. The summed E-state index contributed by atoms with van der Waals surface area (Å²) in [6.45, 7) is 0.357. The fourth-order valence-corrected chi connectivity index (χ4v) is 1.94. The number of phenolic OH excluding ortho intramolecular Hbond substituents is 2. The SMILES string of the molecule is O=C(NCCc1ccccc1)NC(=O)c1c(O)cccc1O. The monoisotopic (exact) mass is 300 g/mol. The van der Waals surface area contributed by atoms with E-state index in [1.54, 1.807) is 0 Å². The van der Waals surface area contributed by atoms with Gasteiger partial charge in [0.2, 0.25) is 0 Å². The van der Waals surface area contributed by atoms with E-state index >= 15 is 0 Å². The van der Waals surface area contributed by atoms with Crippen molar-refractivity contribution in [1.29, 1.82) is 0 Å². The molecule has 2 rings (SSSR count). The van der Waals surface area contributed by atoms with Crippen molar-refractivity contribution in [2.75, 3.05) is 6.54 Å². The Kier molecular flexibility index (Phi) is 4.98. The number of hydrogen-bond donors (Lipinski definition) is 4. The number of phenols is 2. The van der Waals surface area contributed by atoms with Crippen molar-refractivity contribution in [3.63, 3.8) is 0 Å². The number of carbonyl (C=O) groups is 2. The topological polar surface area (TPSA) is 98.7 Å². The summed E-state index contributed by atoms with van der Waals surface area (Å²) in [7, 11) is 0. The van der Waals surface area contributed by atoms with E-state index in [-0.39, 0.29) is 5.56 Å². The van der Waals surface area contributed by atoms with Gasteiger partial charge in [0.25, 0.3) is 5.91 Å². The molecule has 114 valence electrons. The number of benzene rings is 2. The molecule has 6 heteroatoms. The second-order valence-electron chi connectivity index (χ2n) is 4.62. The Morgan fingerprint density at radius 3 is 2.18 bits per heavy atom.